The smallest absolute Gasteiger partial charge is 0.243 e. The molecule has 1 N–H and O–H groups in total. The standard InChI is InChI=1S/C14H21FN4/c1-3-5-6-11(4-2)9-16-14-17-13-8-7-12(15)10-19(13)18-14/h7-8,10-11H,3-6,9H2,1-2H3,(H,16,18). The maximum atomic E-state index is 13.0. The largest absolute Gasteiger partial charge is 0.353 e. The fraction of sp³-hybridized carbons (Fsp3) is 0.571. The molecule has 0 radical (unpaired) electrons. The van der Waals surface area contributed by atoms with E-state index in [1.54, 1.807) is 6.07 Å². The zero-order chi connectivity index (χ0) is 13.7. The SMILES string of the molecule is CCCCC(CC)CNc1nc2ccc(F)cn2n1. The maximum absolute atomic E-state index is 13.0. The number of pyridine rings is 1. The van der Waals surface area contributed by atoms with Gasteiger partial charge in [0.15, 0.2) is 5.65 Å². The summed E-state index contributed by atoms with van der Waals surface area (Å²) in [7, 11) is 0. The molecule has 19 heavy (non-hydrogen) atoms. The molecule has 2 aromatic rings. The minimum absolute atomic E-state index is 0.307. The number of nitrogens with zero attached hydrogens (tertiary/aromatic N) is 3. The Balaban J connectivity index is 1.97. The Labute approximate surface area is 113 Å². The lowest BCUT2D eigenvalue weighted by Gasteiger charge is -2.13. The molecule has 0 fully saturated rings. The van der Waals surface area contributed by atoms with Crippen molar-refractivity contribution in [1.29, 1.82) is 0 Å². The number of unbranched alkanes of at least 4 members (excludes halogenated alkanes) is 1. The minimum atomic E-state index is -0.307. The molecule has 0 amide bonds. The normalized spacial score (nSPS) is 12.8. The molecule has 0 bridgehead atoms. The van der Waals surface area contributed by atoms with Gasteiger partial charge in [-0.05, 0) is 24.5 Å². The summed E-state index contributed by atoms with van der Waals surface area (Å²) in [6, 6.07) is 3.02. The van der Waals surface area contributed by atoms with Crippen molar-refractivity contribution in [2.75, 3.05) is 11.9 Å². The zero-order valence-corrected chi connectivity index (χ0v) is 11.6. The van der Waals surface area contributed by atoms with E-state index in [1.807, 2.05) is 0 Å². The second kappa shape index (κ2) is 6.50. The molecule has 104 valence electrons. The van der Waals surface area contributed by atoms with Crippen molar-refractivity contribution in [3.8, 4) is 0 Å². The third kappa shape index (κ3) is 3.66. The van der Waals surface area contributed by atoms with Gasteiger partial charge in [0.2, 0.25) is 5.95 Å². The quantitative estimate of drug-likeness (QED) is 0.832. The van der Waals surface area contributed by atoms with Crippen molar-refractivity contribution in [2.24, 2.45) is 5.92 Å². The first-order chi connectivity index (χ1) is 9.22. The van der Waals surface area contributed by atoms with Crippen LogP contribution in [0.4, 0.5) is 10.3 Å². The molecule has 0 aliphatic carbocycles. The molecule has 0 saturated carbocycles. The van der Waals surface area contributed by atoms with E-state index in [0.717, 1.165) is 13.0 Å². The molecule has 0 saturated heterocycles. The summed E-state index contributed by atoms with van der Waals surface area (Å²) in [5.41, 5.74) is 0.658. The van der Waals surface area contributed by atoms with Crippen LogP contribution in [0.5, 0.6) is 0 Å². The fourth-order valence-electron chi connectivity index (χ4n) is 2.11. The average Bonchev–Trinajstić information content (AvgIpc) is 2.81. The highest BCUT2D eigenvalue weighted by atomic mass is 19.1. The van der Waals surface area contributed by atoms with E-state index >= 15 is 0 Å². The van der Waals surface area contributed by atoms with Crippen molar-refractivity contribution in [1.82, 2.24) is 14.6 Å². The molecular weight excluding hydrogens is 243 g/mol. The predicted octanol–water partition coefficient (Wildman–Crippen LogP) is 3.50. The number of hydrogen-bond donors (Lipinski definition) is 1. The highest BCUT2D eigenvalue weighted by Gasteiger charge is 2.08. The summed E-state index contributed by atoms with van der Waals surface area (Å²) in [5.74, 6) is 0.905. The van der Waals surface area contributed by atoms with Gasteiger partial charge in [-0.2, -0.15) is 4.98 Å². The molecule has 1 unspecified atom stereocenters. The van der Waals surface area contributed by atoms with Crippen molar-refractivity contribution in [3.63, 3.8) is 0 Å². The Hall–Kier alpha value is -1.65. The first-order valence-corrected chi connectivity index (χ1v) is 6.98. The van der Waals surface area contributed by atoms with Crippen molar-refractivity contribution < 1.29 is 4.39 Å². The van der Waals surface area contributed by atoms with E-state index < -0.39 is 0 Å². The lowest BCUT2D eigenvalue weighted by molar-refractivity contribution is 0.472. The summed E-state index contributed by atoms with van der Waals surface area (Å²) in [4.78, 5) is 4.31. The molecule has 0 spiro atoms. The van der Waals surface area contributed by atoms with Gasteiger partial charge in [-0.25, -0.2) is 8.91 Å². The maximum Gasteiger partial charge on any atom is 0.243 e. The molecule has 2 heterocycles. The van der Waals surface area contributed by atoms with Crippen LogP contribution in [0.2, 0.25) is 0 Å². The lowest BCUT2D eigenvalue weighted by atomic mass is 9.99. The summed E-state index contributed by atoms with van der Waals surface area (Å²) in [5, 5.41) is 7.46. The molecule has 0 aliphatic heterocycles. The summed E-state index contributed by atoms with van der Waals surface area (Å²) >= 11 is 0. The van der Waals surface area contributed by atoms with E-state index in [-0.39, 0.29) is 5.82 Å². The monoisotopic (exact) mass is 264 g/mol. The molecule has 4 nitrogen and oxygen atoms in total. The van der Waals surface area contributed by atoms with E-state index in [9.17, 15) is 4.39 Å². The van der Waals surface area contributed by atoms with Crippen LogP contribution in [0.25, 0.3) is 5.65 Å². The number of fused-ring (bicyclic) bond motifs is 1. The van der Waals surface area contributed by atoms with E-state index in [1.165, 1.54) is 36.0 Å². The first kappa shape index (κ1) is 13.8. The van der Waals surface area contributed by atoms with Gasteiger partial charge in [-0.15, -0.1) is 5.10 Å². The number of aromatic nitrogens is 3. The van der Waals surface area contributed by atoms with Gasteiger partial charge in [0.05, 0.1) is 6.20 Å². The Morgan fingerprint density at radius 3 is 2.95 bits per heavy atom. The summed E-state index contributed by atoms with van der Waals surface area (Å²) < 4.78 is 14.5. The van der Waals surface area contributed by atoms with Gasteiger partial charge < -0.3 is 5.32 Å². The van der Waals surface area contributed by atoms with E-state index in [2.05, 4.69) is 29.2 Å². The number of rotatable bonds is 7. The fourth-order valence-corrected chi connectivity index (χ4v) is 2.11. The molecule has 2 rings (SSSR count). The zero-order valence-electron chi connectivity index (χ0n) is 11.6. The van der Waals surface area contributed by atoms with Crippen molar-refractivity contribution in [3.05, 3.63) is 24.1 Å². The molecule has 0 aromatic carbocycles. The van der Waals surface area contributed by atoms with Crippen molar-refractivity contribution >= 4 is 11.6 Å². The number of halogens is 1. The highest BCUT2D eigenvalue weighted by molar-refractivity contribution is 5.42. The Kier molecular flexibility index (Phi) is 4.71. The van der Waals surface area contributed by atoms with Gasteiger partial charge in [-0.3, -0.25) is 0 Å². The Morgan fingerprint density at radius 1 is 1.37 bits per heavy atom. The number of anilines is 1. The van der Waals surface area contributed by atoms with Crippen LogP contribution in [0.1, 0.15) is 39.5 Å². The topological polar surface area (TPSA) is 42.2 Å². The van der Waals surface area contributed by atoms with Crippen LogP contribution >= 0.6 is 0 Å². The van der Waals surface area contributed by atoms with Gasteiger partial charge in [-0.1, -0.05) is 33.1 Å². The first-order valence-electron chi connectivity index (χ1n) is 6.98. The van der Waals surface area contributed by atoms with Gasteiger partial charge in [0, 0.05) is 6.54 Å². The van der Waals surface area contributed by atoms with Gasteiger partial charge in [0.1, 0.15) is 5.82 Å². The third-order valence-electron chi connectivity index (χ3n) is 3.39. The summed E-state index contributed by atoms with van der Waals surface area (Å²) in [6.07, 6.45) is 6.19. The predicted molar refractivity (Wildman–Crippen MR) is 74.7 cm³/mol. The second-order valence-corrected chi connectivity index (χ2v) is 4.88. The van der Waals surface area contributed by atoms with Crippen LogP contribution in [0, 0.1) is 11.7 Å². The average molecular weight is 264 g/mol. The lowest BCUT2D eigenvalue weighted by Crippen LogP contribution is -2.14. The number of hydrogen-bond acceptors (Lipinski definition) is 3. The molecule has 2 aromatic heterocycles. The molecule has 1 atom stereocenters. The minimum Gasteiger partial charge on any atom is -0.353 e. The van der Waals surface area contributed by atoms with Crippen molar-refractivity contribution in [2.45, 2.75) is 39.5 Å². The van der Waals surface area contributed by atoms with Crippen LogP contribution in [-0.4, -0.2) is 21.1 Å². The van der Waals surface area contributed by atoms with Gasteiger partial charge in [0.25, 0.3) is 0 Å². The van der Waals surface area contributed by atoms with Crippen LogP contribution in [-0.2, 0) is 0 Å². The van der Waals surface area contributed by atoms with Crippen LogP contribution < -0.4 is 5.32 Å². The molecule has 0 aliphatic rings. The Bertz CT molecular complexity index is 523. The van der Waals surface area contributed by atoms with E-state index in [0.29, 0.717) is 17.5 Å². The van der Waals surface area contributed by atoms with Crippen LogP contribution in [0.3, 0.4) is 0 Å². The molecular formula is C14H21FN4. The highest BCUT2D eigenvalue weighted by Crippen LogP contribution is 2.14. The summed E-state index contributed by atoms with van der Waals surface area (Å²) in [6.45, 7) is 5.28. The Morgan fingerprint density at radius 2 is 2.21 bits per heavy atom. The number of nitrogens with one attached hydrogen (secondary N) is 1. The second-order valence-electron chi connectivity index (χ2n) is 4.88. The van der Waals surface area contributed by atoms with Crippen LogP contribution in [0.15, 0.2) is 18.3 Å². The third-order valence-corrected chi connectivity index (χ3v) is 3.39. The van der Waals surface area contributed by atoms with E-state index in [4.69, 9.17) is 0 Å². The van der Waals surface area contributed by atoms with Gasteiger partial charge >= 0.3 is 0 Å². The molecule has 5 heteroatoms.